The van der Waals surface area contributed by atoms with Crippen LogP contribution in [0.15, 0.2) is 0 Å². The van der Waals surface area contributed by atoms with Gasteiger partial charge >= 0.3 is 0 Å². The maximum absolute atomic E-state index is 3.54. The SMILES string of the molecule is CCNC(C)C1CCCCN1CC. The molecule has 0 aliphatic carbocycles. The van der Waals surface area contributed by atoms with Crippen LogP contribution in [0, 0.1) is 0 Å². The van der Waals surface area contributed by atoms with Gasteiger partial charge in [-0.1, -0.05) is 20.3 Å². The molecule has 0 saturated carbocycles. The predicted molar refractivity (Wildman–Crippen MR) is 58.0 cm³/mol. The summed E-state index contributed by atoms with van der Waals surface area (Å²) in [6.07, 6.45) is 4.18. The third-order valence-corrected chi connectivity index (χ3v) is 3.17. The van der Waals surface area contributed by atoms with Gasteiger partial charge in [0.1, 0.15) is 0 Å². The van der Waals surface area contributed by atoms with Gasteiger partial charge < -0.3 is 5.32 Å². The molecule has 2 unspecified atom stereocenters. The molecule has 1 saturated heterocycles. The van der Waals surface area contributed by atoms with Crippen molar-refractivity contribution < 1.29 is 0 Å². The molecule has 0 aromatic rings. The molecule has 1 aliphatic heterocycles. The number of nitrogens with zero attached hydrogens (tertiary/aromatic N) is 1. The van der Waals surface area contributed by atoms with E-state index in [1.165, 1.54) is 32.4 Å². The van der Waals surface area contributed by atoms with Gasteiger partial charge in [-0.25, -0.2) is 0 Å². The summed E-state index contributed by atoms with van der Waals surface area (Å²) in [7, 11) is 0. The molecule has 78 valence electrons. The summed E-state index contributed by atoms with van der Waals surface area (Å²) in [6, 6.07) is 1.43. The van der Waals surface area contributed by atoms with Crippen molar-refractivity contribution >= 4 is 0 Å². The zero-order valence-corrected chi connectivity index (χ0v) is 9.34. The van der Waals surface area contributed by atoms with E-state index in [1.807, 2.05) is 0 Å². The lowest BCUT2D eigenvalue weighted by atomic mass is 9.96. The van der Waals surface area contributed by atoms with E-state index in [9.17, 15) is 0 Å². The highest BCUT2D eigenvalue weighted by Crippen LogP contribution is 2.19. The minimum atomic E-state index is 0.658. The van der Waals surface area contributed by atoms with Crippen LogP contribution in [0.2, 0.25) is 0 Å². The topological polar surface area (TPSA) is 15.3 Å². The highest BCUT2D eigenvalue weighted by atomic mass is 15.2. The van der Waals surface area contributed by atoms with Crippen molar-refractivity contribution in [1.82, 2.24) is 10.2 Å². The molecule has 2 nitrogen and oxygen atoms in total. The van der Waals surface area contributed by atoms with Crippen LogP contribution in [0.25, 0.3) is 0 Å². The molecule has 1 aliphatic rings. The van der Waals surface area contributed by atoms with E-state index in [2.05, 4.69) is 31.0 Å². The number of hydrogen-bond acceptors (Lipinski definition) is 2. The lowest BCUT2D eigenvalue weighted by Crippen LogP contribution is -2.50. The summed E-state index contributed by atoms with van der Waals surface area (Å²) >= 11 is 0. The lowest BCUT2D eigenvalue weighted by Gasteiger charge is -2.38. The maximum atomic E-state index is 3.54. The first kappa shape index (κ1) is 11.0. The van der Waals surface area contributed by atoms with E-state index in [1.54, 1.807) is 0 Å². The van der Waals surface area contributed by atoms with Crippen molar-refractivity contribution in [3.63, 3.8) is 0 Å². The average Bonchev–Trinajstić information content (AvgIpc) is 2.18. The van der Waals surface area contributed by atoms with Crippen molar-refractivity contribution in [1.29, 1.82) is 0 Å². The summed E-state index contributed by atoms with van der Waals surface area (Å²) in [5.74, 6) is 0. The largest absolute Gasteiger partial charge is 0.313 e. The second-order valence-corrected chi connectivity index (χ2v) is 4.04. The van der Waals surface area contributed by atoms with Crippen LogP contribution in [0.1, 0.15) is 40.0 Å². The van der Waals surface area contributed by atoms with Gasteiger partial charge in [0.25, 0.3) is 0 Å². The van der Waals surface area contributed by atoms with Gasteiger partial charge in [0.2, 0.25) is 0 Å². The normalized spacial score (nSPS) is 27.5. The molecule has 1 fully saturated rings. The predicted octanol–water partition coefficient (Wildman–Crippen LogP) is 1.86. The summed E-state index contributed by atoms with van der Waals surface area (Å²) in [5, 5.41) is 3.54. The van der Waals surface area contributed by atoms with E-state index in [0.717, 1.165) is 12.6 Å². The maximum Gasteiger partial charge on any atom is 0.0246 e. The van der Waals surface area contributed by atoms with Crippen molar-refractivity contribution in [2.45, 2.75) is 52.1 Å². The van der Waals surface area contributed by atoms with E-state index < -0.39 is 0 Å². The fourth-order valence-corrected chi connectivity index (χ4v) is 2.43. The zero-order chi connectivity index (χ0) is 9.68. The summed E-state index contributed by atoms with van der Waals surface area (Å²) < 4.78 is 0. The fourth-order valence-electron chi connectivity index (χ4n) is 2.43. The molecular formula is C11H24N2. The lowest BCUT2D eigenvalue weighted by molar-refractivity contribution is 0.126. The zero-order valence-electron chi connectivity index (χ0n) is 9.34. The molecule has 0 radical (unpaired) electrons. The summed E-state index contributed by atoms with van der Waals surface area (Å²) in [6.45, 7) is 10.4. The van der Waals surface area contributed by atoms with Crippen LogP contribution in [-0.2, 0) is 0 Å². The van der Waals surface area contributed by atoms with Gasteiger partial charge in [-0.05, 0) is 39.4 Å². The summed E-state index contributed by atoms with van der Waals surface area (Å²) in [5.41, 5.74) is 0. The molecule has 0 aromatic carbocycles. The van der Waals surface area contributed by atoms with Crippen LogP contribution in [0.3, 0.4) is 0 Å². The van der Waals surface area contributed by atoms with Crippen LogP contribution in [-0.4, -0.2) is 36.6 Å². The average molecular weight is 184 g/mol. The highest BCUT2D eigenvalue weighted by Gasteiger charge is 2.25. The van der Waals surface area contributed by atoms with Gasteiger partial charge in [-0.2, -0.15) is 0 Å². The monoisotopic (exact) mass is 184 g/mol. The molecule has 2 atom stereocenters. The van der Waals surface area contributed by atoms with Gasteiger partial charge in [-0.15, -0.1) is 0 Å². The summed E-state index contributed by atoms with van der Waals surface area (Å²) in [4.78, 5) is 2.62. The minimum Gasteiger partial charge on any atom is -0.313 e. The number of hydrogen-bond donors (Lipinski definition) is 1. The van der Waals surface area contributed by atoms with E-state index in [0.29, 0.717) is 6.04 Å². The number of rotatable bonds is 4. The van der Waals surface area contributed by atoms with Gasteiger partial charge in [0.15, 0.2) is 0 Å². The van der Waals surface area contributed by atoms with E-state index >= 15 is 0 Å². The number of likely N-dealkylation sites (N-methyl/N-ethyl adjacent to an activating group) is 2. The van der Waals surface area contributed by atoms with Crippen LogP contribution < -0.4 is 5.32 Å². The fraction of sp³-hybridized carbons (Fsp3) is 1.00. The third kappa shape index (κ3) is 2.96. The Kier molecular flexibility index (Phi) is 4.74. The minimum absolute atomic E-state index is 0.658. The van der Waals surface area contributed by atoms with Crippen molar-refractivity contribution in [2.75, 3.05) is 19.6 Å². The van der Waals surface area contributed by atoms with Gasteiger partial charge in [-0.3, -0.25) is 4.90 Å². The molecule has 1 heterocycles. The van der Waals surface area contributed by atoms with E-state index in [-0.39, 0.29) is 0 Å². The first-order valence-corrected chi connectivity index (χ1v) is 5.77. The molecule has 1 N–H and O–H groups in total. The van der Waals surface area contributed by atoms with Crippen LogP contribution >= 0.6 is 0 Å². The Balaban J connectivity index is 2.43. The first-order chi connectivity index (χ1) is 6.29. The van der Waals surface area contributed by atoms with Gasteiger partial charge in [0, 0.05) is 12.1 Å². The molecule has 0 aromatic heterocycles. The highest BCUT2D eigenvalue weighted by molar-refractivity contribution is 4.83. The Morgan fingerprint density at radius 3 is 2.77 bits per heavy atom. The third-order valence-electron chi connectivity index (χ3n) is 3.17. The van der Waals surface area contributed by atoms with Crippen molar-refractivity contribution in [2.24, 2.45) is 0 Å². The molecule has 13 heavy (non-hydrogen) atoms. The quantitative estimate of drug-likeness (QED) is 0.717. The Labute approximate surface area is 82.7 Å². The van der Waals surface area contributed by atoms with E-state index in [4.69, 9.17) is 0 Å². The molecule has 2 heteroatoms. The number of piperidine rings is 1. The number of likely N-dealkylation sites (tertiary alicyclic amines) is 1. The van der Waals surface area contributed by atoms with Crippen LogP contribution in [0.5, 0.6) is 0 Å². The Hall–Kier alpha value is -0.0800. The number of nitrogens with one attached hydrogen (secondary N) is 1. The van der Waals surface area contributed by atoms with Crippen LogP contribution in [0.4, 0.5) is 0 Å². The molecule has 0 amide bonds. The Morgan fingerprint density at radius 2 is 2.15 bits per heavy atom. The molecule has 1 rings (SSSR count). The Morgan fingerprint density at radius 1 is 1.38 bits per heavy atom. The van der Waals surface area contributed by atoms with Gasteiger partial charge in [0.05, 0.1) is 0 Å². The Bertz CT molecular complexity index is 136. The standard InChI is InChI=1S/C11H24N2/c1-4-12-10(3)11-8-6-7-9-13(11)5-2/h10-12H,4-9H2,1-3H3. The first-order valence-electron chi connectivity index (χ1n) is 5.77. The molecule has 0 bridgehead atoms. The molecule has 0 spiro atoms. The van der Waals surface area contributed by atoms with Crippen molar-refractivity contribution in [3.05, 3.63) is 0 Å². The van der Waals surface area contributed by atoms with Crippen molar-refractivity contribution in [3.8, 4) is 0 Å². The second-order valence-electron chi connectivity index (χ2n) is 4.04. The smallest absolute Gasteiger partial charge is 0.0246 e. The molecular weight excluding hydrogens is 160 g/mol. The second kappa shape index (κ2) is 5.61.